The first-order valence-corrected chi connectivity index (χ1v) is 9.08. The molecule has 9 heteroatoms. The van der Waals surface area contributed by atoms with Gasteiger partial charge in [-0.15, -0.1) is 4.73 Å². The number of aromatic nitrogens is 1. The van der Waals surface area contributed by atoms with Crippen LogP contribution in [0.2, 0.25) is 0 Å². The van der Waals surface area contributed by atoms with Crippen LogP contribution in [-0.2, 0) is 14.4 Å². The lowest BCUT2D eigenvalue weighted by molar-refractivity contribution is -0.152. The van der Waals surface area contributed by atoms with Gasteiger partial charge in [-0.1, -0.05) is 48.5 Å². The van der Waals surface area contributed by atoms with Crippen LogP contribution in [-0.4, -0.2) is 40.2 Å². The van der Waals surface area contributed by atoms with Crippen molar-refractivity contribution in [2.75, 3.05) is 13.2 Å². The monoisotopic (exact) mass is 410 g/mol. The smallest absolute Gasteiger partial charge is 0.431 e. The Balaban J connectivity index is 1.28. The molecule has 0 fully saturated rings. The van der Waals surface area contributed by atoms with E-state index in [0.29, 0.717) is 4.73 Å². The highest BCUT2D eigenvalue weighted by Gasteiger charge is 2.29. The fourth-order valence-electron chi connectivity index (χ4n) is 3.41. The number of nitrogens with zero attached hydrogens (tertiary/aromatic N) is 1. The number of hydrogen-bond acceptors (Lipinski definition) is 7. The number of carbonyl (C=O) groups excluding carboxylic acids is 2. The summed E-state index contributed by atoms with van der Waals surface area (Å²) in [5.41, 5.74) is 6.36. The summed E-state index contributed by atoms with van der Waals surface area (Å²) >= 11 is 0. The number of fused-ring (bicyclic) bond motifs is 3. The summed E-state index contributed by atoms with van der Waals surface area (Å²) in [4.78, 5) is 33.0. The predicted octanol–water partition coefficient (Wildman–Crippen LogP) is 2.32. The first kappa shape index (κ1) is 19.3. The molecular weight excluding hydrogens is 392 g/mol. The molecule has 1 aromatic heterocycles. The molecule has 0 spiro atoms. The van der Waals surface area contributed by atoms with Crippen molar-refractivity contribution in [3.63, 3.8) is 0 Å². The summed E-state index contributed by atoms with van der Waals surface area (Å²) < 4.78 is 5.77. The quantitative estimate of drug-likeness (QED) is 0.534. The van der Waals surface area contributed by atoms with Crippen LogP contribution in [0.15, 0.2) is 60.7 Å². The maximum absolute atomic E-state index is 11.9. The zero-order chi connectivity index (χ0) is 21.1. The van der Waals surface area contributed by atoms with Crippen molar-refractivity contribution in [1.29, 1.82) is 0 Å². The molecule has 1 aliphatic carbocycles. The topological polar surface area (TPSA) is 119 Å². The summed E-state index contributed by atoms with van der Waals surface area (Å²) in [6.45, 7) is -0.569. The van der Waals surface area contributed by atoms with Crippen molar-refractivity contribution >= 4 is 12.1 Å². The molecule has 2 aromatic carbocycles. The number of benzene rings is 2. The summed E-state index contributed by atoms with van der Waals surface area (Å²) in [5.74, 6) is -2.00. The second-order valence-corrected chi connectivity index (χ2v) is 6.52. The van der Waals surface area contributed by atoms with E-state index in [1.165, 1.54) is 0 Å². The molecule has 1 heterocycles. The Morgan fingerprint density at radius 2 is 1.47 bits per heavy atom. The number of aromatic hydroxyl groups is 2. The van der Waals surface area contributed by atoms with Gasteiger partial charge in [0.15, 0.2) is 6.61 Å². The van der Waals surface area contributed by atoms with Gasteiger partial charge in [-0.2, -0.15) is 5.48 Å². The number of nitrogens with one attached hydrogen (secondary N) is 1. The van der Waals surface area contributed by atoms with Gasteiger partial charge >= 0.3 is 12.1 Å². The van der Waals surface area contributed by atoms with E-state index in [0.717, 1.165) is 34.4 Å². The average molecular weight is 410 g/mol. The molecule has 9 nitrogen and oxygen atoms in total. The second kappa shape index (κ2) is 8.18. The molecule has 0 radical (unpaired) electrons. The molecule has 30 heavy (non-hydrogen) atoms. The van der Waals surface area contributed by atoms with Gasteiger partial charge in [0.2, 0.25) is 11.8 Å². The Bertz CT molecular complexity index is 1030. The van der Waals surface area contributed by atoms with Gasteiger partial charge in [-0.05, 0) is 22.3 Å². The van der Waals surface area contributed by atoms with E-state index in [-0.39, 0.29) is 12.5 Å². The lowest BCUT2D eigenvalue weighted by Gasteiger charge is -2.14. The number of amides is 1. The van der Waals surface area contributed by atoms with Crippen molar-refractivity contribution in [3.05, 3.63) is 71.8 Å². The number of carbonyl (C=O) groups is 2. The van der Waals surface area contributed by atoms with E-state index in [4.69, 9.17) is 9.57 Å². The third-order valence-corrected chi connectivity index (χ3v) is 4.68. The van der Waals surface area contributed by atoms with Crippen molar-refractivity contribution in [3.8, 4) is 22.9 Å². The third kappa shape index (κ3) is 3.78. The van der Waals surface area contributed by atoms with Crippen molar-refractivity contribution in [2.45, 2.75) is 5.92 Å². The van der Waals surface area contributed by atoms with E-state index >= 15 is 0 Å². The van der Waals surface area contributed by atoms with Crippen LogP contribution in [0.4, 0.5) is 4.79 Å². The average Bonchev–Trinajstić information content (AvgIpc) is 3.24. The molecule has 1 aliphatic rings. The van der Waals surface area contributed by atoms with Gasteiger partial charge < -0.3 is 19.8 Å². The molecule has 3 N–H and O–H groups in total. The summed E-state index contributed by atoms with van der Waals surface area (Å²) in [6, 6.07) is 18.1. The van der Waals surface area contributed by atoms with Crippen LogP contribution in [0, 0.1) is 0 Å². The normalized spacial score (nSPS) is 12.1. The minimum absolute atomic E-state index is 0.0960. The molecule has 0 aliphatic heterocycles. The highest BCUT2D eigenvalue weighted by atomic mass is 16.7. The lowest BCUT2D eigenvalue weighted by atomic mass is 9.98. The summed E-state index contributed by atoms with van der Waals surface area (Å²) in [5, 5.41) is 18.8. The minimum Gasteiger partial charge on any atom is -0.492 e. The second-order valence-electron chi connectivity index (χ2n) is 6.52. The molecule has 154 valence electrons. The van der Waals surface area contributed by atoms with Crippen LogP contribution in [0.25, 0.3) is 11.1 Å². The third-order valence-electron chi connectivity index (χ3n) is 4.68. The van der Waals surface area contributed by atoms with E-state index in [2.05, 4.69) is 4.84 Å². The zero-order valence-corrected chi connectivity index (χ0v) is 15.6. The maximum atomic E-state index is 11.9. The van der Waals surface area contributed by atoms with Crippen LogP contribution in [0.1, 0.15) is 17.0 Å². The molecule has 1 amide bonds. The number of hydroxylamine groups is 1. The Hall–Kier alpha value is -3.98. The van der Waals surface area contributed by atoms with Gasteiger partial charge in [0.05, 0.1) is 0 Å². The van der Waals surface area contributed by atoms with Gasteiger partial charge in [0.25, 0.3) is 0 Å². The van der Waals surface area contributed by atoms with Crippen LogP contribution in [0.3, 0.4) is 0 Å². The van der Waals surface area contributed by atoms with E-state index < -0.39 is 30.4 Å². The maximum Gasteiger partial charge on any atom is 0.431 e. The highest BCUT2D eigenvalue weighted by Crippen LogP contribution is 2.44. The standard InChI is InChI=1S/C21H18N2O7/c24-18-9-10-19(25)23(18)30-20(26)12-29-22-21(27)28-11-17-15-7-3-1-5-13(15)14-6-2-4-8-16(14)17/h1-10,17,24-25H,11-12H2,(H,22,27). The summed E-state index contributed by atoms with van der Waals surface area (Å²) in [7, 11) is 0. The fraction of sp³-hybridized carbons (Fsp3) is 0.143. The zero-order valence-electron chi connectivity index (χ0n) is 15.6. The van der Waals surface area contributed by atoms with Crippen LogP contribution >= 0.6 is 0 Å². The summed E-state index contributed by atoms with van der Waals surface area (Å²) in [6.07, 6.45) is -0.865. The molecule has 0 bridgehead atoms. The Morgan fingerprint density at radius 3 is 2.07 bits per heavy atom. The Labute approximate surface area is 170 Å². The predicted molar refractivity (Wildman–Crippen MR) is 104 cm³/mol. The van der Waals surface area contributed by atoms with Crippen LogP contribution in [0.5, 0.6) is 11.8 Å². The molecule has 0 saturated heterocycles. The van der Waals surface area contributed by atoms with Crippen molar-refractivity contribution < 1.29 is 34.2 Å². The largest absolute Gasteiger partial charge is 0.492 e. The van der Waals surface area contributed by atoms with Gasteiger partial charge in [0.1, 0.15) is 6.61 Å². The molecule has 4 rings (SSSR count). The molecule has 0 atom stereocenters. The fourth-order valence-corrected chi connectivity index (χ4v) is 3.41. The number of ether oxygens (including phenoxy) is 1. The number of hydrogen-bond donors (Lipinski definition) is 3. The van der Waals surface area contributed by atoms with Gasteiger partial charge in [-0.3, -0.25) is 4.84 Å². The minimum atomic E-state index is -0.962. The van der Waals surface area contributed by atoms with Gasteiger partial charge in [0, 0.05) is 18.1 Å². The molecule has 3 aromatic rings. The molecule has 0 unspecified atom stereocenters. The highest BCUT2D eigenvalue weighted by molar-refractivity contribution is 5.79. The van der Waals surface area contributed by atoms with Crippen LogP contribution < -0.4 is 10.3 Å². The Kier molecular flexibility index (Phi) is 5.27. The first-order chi connectivity index (χ1) is 14.5. The lowest BCUT2D eigenvalue weighted by Crippen LogP contribution is -2.31. The van der Waals surface area contributed by atoms with Gasteiger partial charge in [-0.25, -0.2) is 9.59 Å². The van der Waals surface area contributed by atoms with E-state index in [1.54, 1.807) is 0 Å². The SMILES string of the molecule is O=C(CONC(=O)OCC1c2ccccc2-c2ccccc21)On1c(O)ccc1O. The van der Waals surface area contributed by atoms with E-state index in [9.17, 15) is 19.8 Å². The first-order valence-electron chi connectivity index (χ1n) is 9.08. The number of rotatable bonds is 6. The van der Waals surface area contributed by atoms with Crippen molar-refractivity contribution in [2.24, 2.45) is 0 Å². The van der Waals surface area contributed by atoms with Crippen molar-refractivity contribution in [1.82, 2.24) is 10.2 Å². The van der Waals surface area contributed by atoms with E-state index in [1.807, 2.05) is 54.0 Å². The Morgan fingerprint density at radius 1 is 0.900 bits per heavy atom. The molecule has 0 saturated carbocycles. The molecular formula is C21H18N2O7.